The maximum atomic E-state index is 11.2. The molecule has 1 aromatic heterocycles. The van der Waals surface area contributed by atoms with Crippen LogP contribution in [0.15, 0.2) is 30.5 Å². The Morgan fingerprint density at radius 3 is 2.86 bits per heavy atom. The van der Waals surface area contributed by atoms with Gasteiger partial charge in [0.05, 0.1) is 7.11 Å². The van der Waals surface area contributed by atoms with Crippen LogP contribution in [0.25, 0.3) is 10.9 Å². The van der Waals surface area contributed by atoms with Gasteiger partial charge in [-0.25, -0.2) is 0 Å². The number of methoxy groups -OCH3 is 1. The van der Waals surface area contributed by atoms with Crippen LogP contribution in [0.5, 0.6) is 0 Å². The van der Waals surface area contributed by atoms with E-state index in [4.69, 9.17) is 0 Å². The Balaban J connectivity index is 2.05. The van der Waals surface area contributed by atoms with Gasteiger partial charge in [-0.3, -0.25) is 4.79 Å². The van der Waals surface area contributed by atoms with E-state index in [2.05, 4.69) is 58.9 Å². The summed E-state index contributed by atoms with van der Waals surface area (Å²) in [5.74, 6) is -0.145. The normalized spacial score (nSPS) is 11.2. The quantitative estimate of drug-likeness (QED) is 0.796. The molecule has 4 nitrogen and oxygen atoms in total. The average Bonchev–Trinajstić information content (AvgIpc) is 2.87. The molecule has 2 aromatic rings. The summed E-state index contributed by atoms with van der Waals surface area (Å²) in [5.41, 5.74) is 2.51. The molecule has 0 bridgehead atoms. The molecule has 114 valence electrons. The molecule has 0 amide bonds. The number of carbonyl (C=O) groups excluding carboxylic acids is 1. The van der Waals surface area contributed by atoms with Crippen molar-refractivity contribution in [3.8, 4) is 0 Å². The second-order valence-corrected chi connectivity index (χ2v) is 5.62. The van der Waals surface area contributed by atoms with Gasteiger partial charge in [0.2, 0.25) is 0 Å². The molecule has 1 aromatic carbocycles. The third-order valence-corrected chi connectivity index (χ3v) is 3.56. The molecule has 0 aliphatic heterocycles. The number of nitrogens with zero attached hydrogens (tertiary/aromatic N) is 1. The van der Waals surface area contributed by atoms with Gasteiger partial charge in [0.15, 0.2) is 0 Å². The molecule has 0 unspecified atom stereocenters. The van der Waals surface area contributed by atoms with E-state index in [1.165, 1.54) is 23.6 Å². The van der Waals surface area contributed by atoms with Gasteiger partial charge in [0.1, 0.15) is 0 Å². The Bertz CT molecular complexity index is 602. The summed E-state index contributed by atoms with van der Waals surface area (Å²) in [4.78, 5) is 11.2. The summed E-state index contributed by atoms with van der Waals surface area (Å²) in [6.45, 7) is 6.00. The van der Waals surface area contributed by atoms with Crippen LogP contribution in [0.2, 0.25) is 0 Å². The predicted molar refractivity (Wildman–Crippen MR) is 85.2 cm³/mol. The second-order valence-electron chi connectivity index (χ2n) is 5.62. The monoisotopic (exact) mass is 288 g/mol. The van der Waals surface area contributed by atoms with Crippen molar-refractivity contribution in [3.05, 3.63) is 36.0 Å². The summed E-state index contributed by atoms with van der Waals surface area (Å²) >= 11 is 0. The number of hydrogen-bond acceptors (Lipinski definition) is 3. The van der Waals surface area contributed by atoms with Gasteiger partial charge >= 0.3 is 5.97 Å². The standard InChI is InChI=1S/C17H24N2O2/c1-13(2)18-12-14-6-7-15-8-10-19(16(15)11-14)9-4-5-17(20)21-3/h6-8,10-11,13,18H,4-5,9,12H2,1-3H3. The Morgan fingerprint density at radius 1 is 1.33 bits per heavy atom. The van der Waals surface area contributed by atoms with Crippen molar-refractivity contribution < 1.29 is 9.53 Å². The molecule has 1 N–H and O–H groups in total. The number of benzene rings is 1. The lowest BCUT2D eigenvalue weighted by Crippen LogP contribution is -2.21. The minimum atomic E-state index is -0.145. The highest BCUT2D eigenvalue weighted by Gasteiger charge is 2.05. The Morgan fingerprint density at radius 2 is 2.14 bits per heavy atom. The average molecular weight is 288 g/mol. The van der Waals surface area contributed by atoms with Crippen molar-refractivity contribution in [2.24, 2.45) is 0 Å². The zero-order valence-corrected chi connectivity index (χ0v) is 13.1. The first kappa shape index (κ1) is 15.6. The Hall–Kier alpha value is -1.81. The largest absolute Gasteiger partial charge is 0.469 e. The lowest BCUT2D eigenvalue weighted by Gasteiger charge is -2.10. The van der Waals surface area contributed by atoms with Gasteiger partial charge in [-0.2, -0.15) is 0 Å². The number of rotatable bonds is 7. The number of aromatic nitrogens is 1. The number of hydrogen-bond donors (Lipinski definition) is 1. The van der Waals surface area contributed by atoms with Gasteiger partial charge in [-0.15, -0.1) is 0 Å². The van der Waals surface area contributed by atoms with Crippen molar-refractivity contribution in [3.63, 3.8) is 0 Å². The van der Waals surface area contributed by atoms with E-state index >= 15 is 0 Å². The summed E-state index contributed by atoms with van der Waals surface area (Å²) in [5, 5.41) is 4.67. The number of carbonyl (C=O) groups is 1. The van der Waals surface area contributed by atoms with Crippen molar-refractivity contribution in [2.45, 2.75) is 45.8 Å². The highest BCUT2D eigenvalue weighted by atomic mass is 16.5. The minimum absolute atomic E-state index is 0.145. The van der Waals surface area contributed by atoms with E-state index in [1.807, 2.05) is 0 Å². The maximum Gasteiger partial charge on any atom is 0.305 e. The third-order valence-electron chi connectivity index (χ3n) is 3.56. The van der Waals surface area contributed by atoms with Gasteiger partial charge in [-0.1, -0.05) is 26.0 Å². The SMILES string of the molecule is COC(=O)CCCn1ccc2ccc(CNC(C)C)cc21. The third kappa shape index (κ3) is 4.33. The van der Waals surface area contributed by atoms with Crippen molar-refractivity contribution >= 4 is 16.9 Å². The molecular formula is C17H24N2O2. The maximum absolute atomic E-state index is 11.2. The zero-order valence-electron chi connectivity index (χ0n) is 13.1. The molecule has 4 heteroatoms. The molecular weight excluding hydrogens is 264 g/mol. The molecule has 0 aliphatic carbocycles. The van der Waals surface area contributed by atoms with Gasteiger partial charge < -0.3 is 14.6 Å². The van der Waals surface area contributed by atoms with Crippen molar-refractivity contribution in [2.75, 3.05) is 7.11 Å². The summed E-state index contributed by atoms with van der Waals surface area (Å²) in [6.07, 6.45) is 3.34. The van der Waals surface area contributed by atoms with Crippen molar-refractivity contribution in [1.82, 2.24) is 9.88 Å². The van der Waals surface area contributed by atoms with Crippen LogP contribution < -0.4 is 5.32 Å². The van der Waals surface area contributed by atoms with Gasteiger partial charge in [0.25, 0.3) is 0 Å². The minimum Gasteiger partial charge on any atom is -0.469 e. The fraction of sp³-hybridized carbons (Fsp3) is 0.471. The van der Waals surface area contributed by atoms with Crippen LogP contribution in [0.1, 0.15) is 32.3 Å². The fourth-order valence-electron chi connectivity index (χ4n) is 2.35. The van der Waals surface area contributed by atoms with E-state index < -0.39 is 0 Å². The highest BCUT2D eigenvalue weighted by molar-refractivity contribution is 5.80. The van der Waals surface area contributed by atoms with Crippen LogP contribution in [-0.2, 0) is 22.6 Å². The fourth-order valence-corrected chi connectivity index (χ4v) is 2.35. The Kier molecular flexibility index (Phi) is 5.39. The zero-order chi connectivity index (χ0) is 15.2. The van der Waals surface area contributed by atoms with Crippen LogP contribution >= 0.6 is 0 Å². The number of ether oxygens (including phenoxy) is 1. The smallest absolute Gasteiger partial charge is 0.305 e. The Labute approximate surface area is 126 Å². The molecule has 0 radical (unpaired) electrons. The summed E-state index contributed by atoms with van der Waals surface area (Å²) < 4.78 is 6.88. The van der Waals surface area contributed by atoms with Gasteiger partial charge in [-0.05, 0) is 29.5 Å². The van der Waals surface area contributed by atoms with Crippen LogP contribution in [0.4, 0.5) is 0 Å². The first-order valence-corrected chi connectivity index (χ1v) is 7.48. The van der Waals surface area contributed by atoms with Crippen LogP contribution in [0.3, 0.4) is 0 Å². The molecule has 0 atom stereocenters. The van der Waals surface area contributed by atoms with Crippen molar-refractivity contribution in [1.29, 1.82) is 0 Å². The first-order valence-electron chi connectivity index (χ1n) is 7.48. The van der Waals surface area contributed by atoms with E-state index in [1.54, 1.807) is 0 Å². The lowest BCUT2D eigenvalue weighted by molar-refractivity contribution is -0.140. The predicted octanol–water partition coefficient (Wildman–Crippen LogP) is 3.09. The van der Waals surface area contributed by atoms with E-state index in [0.29, 0.717) is 12.5 Å². The number of aryl methyl sites for hydroxylation is 1. The molecule has 0 spiro atoms. The molecule has 0 fully saturated rings. The first-order chi connectivity index (χ1) is 10.1. The molecule has 2 rings (SSSR count). The lowest BCUT2D eigenvalue weighted by atomic mass is 10.1. The van der Waals surface area contributed by atoms with Gasteiger partial charge in [0, 0.05) is 37.3 Å². The second kappa shape index (κ2) is 7.27. The molecule has 21 heavy (non-hydrogen) atoms. The molecule has 0 saturated heterocycles. The molecule has 0 aliphatic rings. The topological polar surface area (TPSA) is 43.3 Å². The summed E-state index contributed by atoms with van der Waals surface area (Å²) in [6, 6.07) is 9.14. The number of esters is 1. The highest BCUT2D eigenvalue weighted by Crippen LogP contribution is 2.18. The summed E-state index contributed by atoms with van der Waals surface area (Å²) in [7, 11) is 1.43. The van der Waals surface area contributed by atoms with E-state index in [0.717, 1.165) is 19.5 Å². The van der Waals surface area contributed by atoms with Crippen LogP contribution in [0, 0.1) is 0 Å². The van der Waals surface area contributed by atoms with E-state index in [-0.39, 0.29) is 5.97 Å². The van der Waals surface area contributed by atoms with E-state index in [9.17, 15) is 4.79 Å². The number of fused-ring (bicyclic) bond motifs is 1. The number of nitrogens with one attached hydrogen (secondary N) is 1. The van der Waals surface area contributed by atoms with Crippen LogP contribution in [-0.4, -0.2) is 23.7 Å². The molecule has 0 saturated carbocycles. The molecule has 1 heterocycles.